The number of carbonyl (C=O) groups excluding carboxylic acids is 4. The molecule has 48 heavy (non-hydrogen) atoms. The number of phenols is 1. The number of primary amides is 1. The zero-order valence-electron chi connectivity index (χ0n) is 27.3. The predicted octanol–water partition coefficient (Wildman–Crippen LogP) is 0.392. The van der Waals surface area contributed by atoms with Gasteiger partial charge in [-0.3, -0.25) is 24.1 Å². The number of nitrogens with one attached hydrogen (secondary N) is 1. The molecule has 14 nitrogen and oxygen atoms in total. The molecule has 15 heteroatoms. The molecule has 0 spiro atoms. The number of likely N-dealkylation sites (N-methyl/N-ethyl adjacent to an activating group) is 1. The van der Waals surface area contributed by atoms with Crippen LogP contribution in [0.4, 0.5) is 11.4 Å². The number of aliphatic hydroxyl groups is 3. The molecule has 1 heterocycles. The summed E-state index contributed by atoms with van der Waals surface area (Å²) in [6.07, 6.45) is 0.0327. The van der Waals surface area contributed by atoms with Gasteiger partial charge in [0.1, 0.15) is 17.1 Å². The lowest BCUT2D eigenvalue weighted by molar-refractivity contribution is -0.148. The standard InChI is InChI=1S/C33H37BN4O10/c1-32(2)16-8-7-13(11-18(16)34(47)48-32)31(45)36-19-12-20(37(3)4)15-9-14-10-17-24(38(5)6)27(41)23(30(35)44)29(43)33(17,46)28(42)21(14)26(40)22(15)25(19)39/h7-8,11-12,14,17,24,39,41-42,46-47H,9-10H2,1-6H3,(H2,35,44)(H,36,45)/t14-,17-,24-,33-/m0/s1. The van der Waals surface area contributed by atoms with Crippen LogP contribution in [0.2, 0.25) is 0 Å². The first kappa shape index (κ1) is 33.2. The van der Waals surface area contributed by atoms with E-state index in [2.05, 4.69) is 5.32 Å². The number of hydrogen-bond donors (Lipinski definition) is 7. The Hall–Kier alpha value is -4.70. The van der Waals surface area contributed by atoms with Gasteiger partial charge in [-0.1, -0.05) is 6.07 Å². The maximum absolute atomic E-state index is 14.3. The lowest BCUT2D eigenvalue weighted by Crippen LogP contribution is -2.63. The first-order valence-electron chi connectivity index (χ1n) is 15.4. The minimum absolute atomic E-state index is 0.0530. The molecule has 6 rings (SSSR count). The van der Waals surface area contributed by atoms with Crippen LogP contribution >= 0.6 is 0 Å². The number of aliphatic hydroxyl groups excluding tert-OH is 2. The molecule has 0 unspecified atom stereocenters. The highest BCUT2D eigenvalue weighted by atomic mass is 16.5. The minimum atomic E-state index is -2.77. The summed E-state index contributed by atoms with van der Waals surface area (Å²) in [5, 5.41) is 59.0. The summed E-state index contributed by atoms with van der Waals surface area (Å²) in [4.78, 5) is 56.7. The van der Waals surface area contributed by atoms with Gasteiger partial charge in [0.15, 0.2) is 17.1 Å². The van der Waals surface area contributed by atoms with E-state index in [9.17, 15) is 44.6 Å². The van der Waals surface area contributed by atoms with Crippen molar-refractivity contribution < 1.29 is 49.3 Å². The summed E-state index contributed by atoms with van der Waals surface area (Å²) in [6.45, 7) is 3.58. The molecule has 1 aliphatic heterocycles. The molecule has 2 aromatic rings. The van der Waals surface area contributed by atoms with Crippen molar-refractivity contribution in [2.45, 2.75) is 43.9 Å². The number of carbonyl (C=O) groups is 4. The Kier molecular flexibility index (Phi) is 7.56. The molecule has 2 amide bonds. The van der Waals surface area contributed by atoms with Crippen molar-refractivity contribution in [1.29, 1.82) is 0 Å². The van der Waals surface area contributed by atoms with E-state index < -0.39 is 82.4 Å². The smallest absolute Gasteiger partial charge is 0.492 e. The van der Waals surface area contributed by atoms with E-state index in [-0.39, 0.29) is 35.2 Å². The van der Waals surface area contributed by atoms with Gasteiger partial charge >= 0.3 is 7.12 Å². The van der Waals surface area contributed by atoms with Crippen LogP contribution in [0.15, 0.2) is 46.9 Å². The molecule has 0 saturated heterocycles. The molecule has 4 aliphatic rings. The Bertz CT molecular complexity index is 1900. The number of phenolic OH excluding ortho intramolecular Hbond substituents is 1. The second-order valence-corrected chi connectivity index (χ2v) is 13.7. The number of hydrogen-bond acceptors (Lipinski definition) is 12. The highest BCUT2D eigenvalue weighted by molar-refractivity contribution is 6.62. The average Bonchev–Trinajstić information content (AvgIpc) is 3.22. The Balaban J connectivity index is 1.45. The van der Waals surface area contributed by atoms with Crippen molar-refractivity contribution in [3.05, 3.63) is 69.2 Å². The number of anilines is 2. The first-order chi connectivity index (χ1) is 22.3. The second kappa shape index (κ2) is 10.9. The fourth-order valence-electron chi connectivity index (χ4n) is 7.85. The highest BCUT2D eigenvalue weighted by Crippen LogP contribution is 2.54. The summed E-state index contributed by atoms with van der Waals surface area (Å²) in [5.41, 5.74) is 2.49. The minimum Gasteiger partial charge on any atom is -0.510 e. The molecule has 0 radical (unpaired) electrons. The first-order valence-corrected chi connectivity index (χ1v) is 15.4. The number of fused-ring (bicyclic) bond motifs is 4. The van der Waals surface area contributed by atoms with Crippen LogP contribution in [0.25, 0.3) is 0 Å². The maximum atomic E-state index is 14.3. The molecular weight excluding hydrogens is 623 g/mol. The topological polar surface area (TPSA) is 223 Å². The normalized spacial score (nSPS) is 25.9. The third-order valence-corrected chi connectivity index (χ3v) is 10.1. The van der Waals surface area contributed by atoms with Crippen LogP contribution in [0, 0.1) is 11.8 Å². The summed E-state index contributed by atoms with van der Waals surface area (Å²) in [5.74, 6) is -8.29. The van der Waals surface area contributed by atoms with Gasteiger partial charge in [-0.15, -0.1) is 0 Å². The van der Waals surface area contributed by atoms with E-state index in [1.165, 1.54) is 17.0 Å². The number of amides is 2. The fraction of sp³-hybridized carbons (Fsp3) is 0.394. The SMILES string of the molecule is CN(C)c1cc(NC(=O)c2ccc3c(c2)B(O)OC3(C)C)c(O)c2c1C[C@H]1C[C@H]3[C@H](N(C)C)C(O)=C(C(N)=O)C(=O)[C@@]3(O)C(O)=C1C2=O. The predicted molar refractivity (Wildman–Crippen MR) is 174 cm³/mol. The van der Waals surface area contributed by atoms with Crippen molar-refractivity contribution in [2.24, 2.45) is 17.6 Å². The van der Waals surface area contributed by atoms with Gasteiger partial charge < -0.3 is 46.1 Å². The van der Waals surface area contributed by atoms with Gasteiger partial charge in [-0.05, 0) is 81.5 Å². The van der Waals surface area contributed by atoms with Gasteiger partial charge in [0.25, 0.3) is 11.8 Å². The van der Waals surface area contributed by atoms with Crippen LogP contribution in [0.3, 0.4) is 0 Å². The summed E-state index contributed by atoms with van der Waals surface area (Å²) < 4.78 is 5.58. The van der Waals surface area contributed by atoms with Gasteiger partial charge in [0.05, 0.1) is 22.9 Å². The van der Waals surface area contributed by atoms with Crippen molar-refractivity contribution in [3.63, 3.8) is 0 Å². The average molecular weight is 660 g/mol. The molecule has 8 N–H and O–H groups in total. The van der Waals surface area contributed by atoms with Crippen LogP contribution in [0.5, 0.6) is 5.75 Å². The van der Waals surface area contributed by atoms with E-state index in [4.69, 9.17) is 10.4 Å². The van der Waals surface area contributed by atoms with Crippen molar-refractivity contribution in [2.75, 3.05) is 38.4 Å². The number of ketones is 2. The number of nitrogens with two attached hydrogens (primary N) is 1. The van der Waals surface area contributed by atoms with Crippen molar-refractivity contribution in [1.82, 2.24) is 4.90 Å². The van der Waals surface area contributed by atoms with Crippen molar-refractivity contribution >= 4 is 47.3 Å². The van der Waals surface area contributed by atoms with E-state index in [0.717, 1.165) is 0 Å². The number of Topliss-reactive ketones (excluding diaryl/α,β-unsaturated/α-hetero) is 2. The second-order valence-electron chi connectivity index (χ2n) is 13.7. The Morgan fingerprint density at radius 1 is 1.08 bits per heavy atom. The van der Waals surface area contributed by atoms with Crippen LogP contribution in [-0.4, -0.2) is 101 Å². The summed E-state index contributed by atoms with van der Waals surface area (Å²) in [7, 11) is 5.31. The van der Waals surface area contributed by atoms with E-state index in [1.807, 2.05) is 0 Å². The fourth-order valence-corrected chi connectivity index (χ4v) is 7.85. The van der Waals surface area contributed by atoms with E-state index in [1.54, 1.807) is 59.1 Å². The van der Waals surface area contributed by atoms with Crippen LogP contribution in [0.1, 0.15) is 52.1 Å². The Labute approximate surface area is 276 Å². The molecule has 4 atom stereocenters. The number of allylic oxidation sites excluding steroid dienone is 1. The zero-order chi connectivity index (χ0) is 35.4. The van der Waals surface area contributed by atoms with Gasteiger partial charge in [-0.25, -0.2) is 0 Å². The number of benzene rings is 2. The summed E-state index contributed by atoms with van der Waals surface area (Å²) >= 11 is 0. The van der Waals surface area contributed by atoms with Crippen LogP contribution in [-0.2, 0) is 26.3 Å². The molecule has 0 fully saturated rings. The molecule has 252 valence electrons. The van der Waals surface area contributed by atoms with E-state index in [0.29, 0.717) is 22.3 Å². The number of rotatable bonds is 5. The highest BCUT2D eigenvalue weighted by Gasteiger charge is 2.63. The largest absolute Gasteiger partial charge is 0.510 e. The Morgan fingerprint density at radius 2 is 1.75 bits per heavy atom. The Morgan fingerprint density at radius 3 is 2.35 bits per heavy atom. The monoisotopic (exact) mass is 660 g/mol. The van der Waals surface area contributed by atoms with Crippen LogP contribution < -0.4 is 21.4 Å². The lowest BCUT2D eigenvalue weighted by atomic mass is 9.58. The number of aromatic hydroxyl groups is 1. The van der Waals surface area contributed by atoms with Crippen molar-refractivity contribution in [3.8, 4) is 5.75 Å². The molecular formula is C33H37BN4O10. The zero-order valence-corrected chi connectivity index (χ0v) is 27.3. The molecule has 0 bridgehead atoms. The maximum Gasteiger partial charge on any atom is 0.492 e. The third-order valence-electron chi connectivity index (χ3n) is 10.1. The van der Waals surface area contributed by atoms with E-state index >= 15 is 0 Å². The van der Waals surface area contributed by atoms with Gasteiger partial charge in [0.2, 0.25) is 5.78 Å². The molecule has 3 aliphatic carbocycles. The molecule has 0 aromatic heterocycles. The van der Waals surface area contributed by atoms with Gasteiger partial charge in [-0.2, -0.15) is 0 Å². The number of nitrogens with zero attached hydrogens (tertiary/aromatic N) is 2. The quantitative estimate of drug-likeness (QED) is 0.132. The third kappa shape index (κ3) is 4.56. The molecule has 2 aromatic carbocycles. The molecule has 0 saturated carbocycles. The van der Waals surface area contributed by atoms with Gasteiger partial charge in [0, 0.05) is 36.8 Å². The lowest BCUT2D eigenvalue weighted by Gasteiger charge is -2.50. The summed E-state index contributed by atoms with van der Waals surface area (Å²) in [6, 6.07) is 5.12.